The summed E-state index contributed by atoms with van der Waals surface area (Å²) < 4.78 is 0. The first-order valence-corrected chi connectivity index (χ1v) is 13.5. The molecule has 1 saturated heterocycles. The SMILES string of the molecule is CCN(CCCCC1CCN(C(c2ccccc2)c2ccccc2)CC1)C(=O)C=Cc1cccnc1. The third kappa shape index (κ3) is 7.38. The number of likely N-dealkylation sites (N-methyl/N-ethyl adjacent to an activating group) is 1. The molecule has 0 spiro atoms. The first-order valence-electron chi connectivity index (χ1n) is 13.5. The highest BCUT2D eigenvalue weighted by Gasteiger charge is 2.27. The van der Waals surface area contributed by atoms with Crippen molar-refractivity contribution in [2.75, 3.05) is 26.2 Å². The number of likely N-dealkylation sites (tertiary alicyclic amines) is 1. The fourth-order valence-corrected chi connectivity index (χ4v) is 5.29. The molecule has 2 aromatic carbocycles. The maximum atomic E-state index is 12.6. The lowest BCUT2D eigenvalue weighted by Gasteiger charge is -2.38. The van der Waals surface area contributed by atoms with Crippen molar-refractivity contribution in [3.05, 3.63) is 108 Å². The minimum Gasteiger partial charge on any atom is -0.339 e. The molecule has 1 aliphatic rings. The van der Waals surface area contributed by atoms with Crippen molar-refractivity contribution < 1.29 is 4.79 Å². The van der Waals surface area contributed by atoms with Crippen LogP contribution < -0.4 is 0 Å². The molecule has 0 N–H and O–H groups in total. The number of piperidine rings is 1. The van der Waals surface area contributed by atoms with Gasteiger partial charge in [0.05, 0.1) is 6.04 Å². The quantitative estimate of drug-likeness (QED) is 0.228. The zero-order valence-corrected chi connectivity index (χ0v) is 21.5. The van der Waals surface area contributed by atoms with Crippen molar-refractivity contribution >= 4 is 12.0 Å². The van der Waals surface area contributed by atoms with Crippen LogP contribution in [0.5, 0.6) is 0 Å². The standard InChI is InChI=1S/C32H39N3O/c1-2-34(31(36)19-18-28-13-11-22-33-26-28)23-10-9-12-27-20-24-35(25-21-27)32(29-14-5-3-6-15-29)30-16-7-4-8-17-30/h3-8,11,13-19,22,26-27,32H,2,9-10,12,20-21,23-25H2,1H3. The largest absolute Gasteiger partial charge is 0.339 e. The Morgan fingerprint density at radius 2 is 1.64 bits per heavy atom. The molecule has 4 rings (SSSR count). The van der Waals surface area contributed by atoms with Crippen LogP contribution >= 0.6 is 0 Å². The number of hydrogen-bond acceptors (Lipinski definition) is 3. The number of aromatic nitrogens is 1. The van der Waals surface area contributed by atoms with Crippen LogP contribution in [0.2, 0.25) is 0 Å². The summed E-state index contributed by atoms with van der Waals surface area (Å²) in [6.07, 6.45) is 13.0. The van der Waals surface area contributed by atoms with E-state index in [4.69, 9.17) is 0 Å². The number of unbranched alkanes of at least 4 members (excludes halogenated alkanes) is 1. The second-order valence-corrected chi connectivity index (χ2v) is 9.74. The van der Waals surface area contributed by atoms with Crippen molar-refractivity contribution in [2.45, 2.75) is 45.1 Å². The van der Waals surface area contributed by atoms with E-state index in [0.29, 0.717) is 6.04 Å². The van der Waals surface area contributed by atoms with Gasteiger partial charge in [0.1, 0.15) is 0 Å². The lowest BCUT2D eigenvalue weighted by molar-refractivity contribution is -0.125. The summed E-state index contributed by atoms with van der Waals surface area (Å²) in [5.74, 6) is 0.868. The van der Waals surface area contributed by atoms with Crippen molar-refractivity contribution in [1.82, 2.24) is 14.8 Å². The summed E-state index contributed by atoms with van der Waals surface area (Å²) in [6.45, 7) is 5.90. The summed E-state index contributed by atoms with van der Waals surface area (Å²) in [7, 11) is 0. The molecule has 1 aromatic heterocycles. The molecule has 1 amide bonds. The predicted octanol–water partition coefficient (Wildman–Crippen LogP) is 6.62. The second-order valence-electron chi connectivity index (χ2n) is 9.74. The van der Waals surface area contributed by atoms with Gasteiger partial charge in [-0.1, -0.05) is 79.6 Å². The maximum Gasteiger partial charge on any atom is 0.246 e. The smallest absolute Gasteiger partial charge is 0.246 e. The average Bonchev–Trinajstić information content (AvgIpc) is 2.94. The molecule has 4 nitrogen and oxygen atoms in total. The van der Waals surface area contributed by atoms with Crippen molar-refractivity contribution in [3.63, 3.8) is 0 Å². The molecule has 188 valence electrons. The molecular weight excluding hydrogens is 442 g/mol. The van der Waals surface area contributed by atoms with Gasteiger partial charge in [0, 0.05) is 31.6 Å². The van der Waals surface area contributed by atoms with Gasteiger partial charge >= 0.3 is 0 Å². The molecule has 4 heteroatoms. The summed E-state index contributed by atoms with van der Waals surface area (Å²) in [5.41, 5.74) is 3.71. The van der Waals surface area contributed by atoms with Crippen LogP contribution in [-0.2, 0) is 4.79 Å². The van der Waals surface area contributed by atoms with E-state index in [1.54, 1.807) is 18.5 Å². The molecule has 0 radical (unpaired) electrons. The Kier molecular flexibility index (Phi) is 9.87. The number of carbonyl (C=O) groups is 1. The van der Waals surface area contributed by atoms with Crippen molar-refractivity contribution in [1.29, 1.82) is 0 Å². The molecule has 2 heterocycles. The van der Waals surface area contributed by atoms with Crippen LogP contribution in [0.1, 0.15) is 61.8 Å². The Bertz CT molecular complexity index is 1020. The molecule has 1 aliphatic heterocycles. The molecule has 3 aromatic rings. The molecule has 1 fully saturated rings. The van der Waals surface area contributed by atoms with E-state index < -0.39 is 0 Å². The minimum absolute atomic E-state index is 0.0857. The molecule has 0 bridgehead atoms. The number of hydrogen-bond donors (Lipinski definition) is 0. The lowest BCUT2D eigenvalue weighted by Crippen LogP contribution is -2.37. The molecular formula is C32H39N3O. The highest BCUT2D eigenvalue weighted by atomic mass is 16.2. The van der Waals surface area contributed by atoms with E-state index in [-0.39, 0.29) is 5.91 Å². The summed E-state index contributed by atoms with van der Waals surface area (Å²) in [4.78, 5) is 21.3. The van der Waals surface area contributed by atoms with Crippen LogP contribution in [-0.4, -0.2) is 46.9 Å². The van der Waals surface area contributed by atoms with E-state index >= 15 is 0 Å². The van der Waals surface area contributed by atoms with Crippen molar-refractivity contribution in [3.8, 4) is 0 Å². The summed E-state index contributed by atoms with van der Waals surface area (Å²) in [5, 5.41) is 0. The predicted molar refractivity (Wildman–Crippen MR) is 148 cm³/mol. The van der Waals surface area contributed by atoms with Gasteiger partial charge in [0.2, 0.25) is 5.91 Å². The first kappa shape index (κ1) is 25.8. The summed E-state index contributed by atoms with van der Waals surface area (Å²) >= 11 is 0. The number of pyridine rings is 1. The number of rotatable bonds is 11. The van der Waals surface area contributed by atoms with Gasteiger partial charge in [0.15, 0.2) is 0 Å². The number of carbonyl (C=O) groups excluding carboxylic acids is 1. The van der Waals surface area contributed by atoms with Gasteiger partial charge in [-0.2, -0.15) is 0 Å². The minimum atomic E-state index is 0.0857. The van der Waals surface area contributed by atoms with Gasteiger partial charge in [-0.3, -0.25) is 14.7 Å². The zero-order chi connectivity index (χ0) is 25.0. The maximum absolute atomic E-state index is 12.6. The zero-order valence-electron chi connectivity index (χ0n) is 21.5. The van der Waals surface area contributed by atoms with Crippen LogP contribution in [0.25, 0.3) is 6.08 Å². The Hall–Kier alpha value is -3.24. The second kappa shape index (κ2) is 13.7. The van der Waals surface area contributed by atoms with E-state index in [1.807, 2.05) is 23.1 Å². The van der Waals surface area contributed by atoms with E-state index in [2.05, 4.69) is 77.5 Å². The highest BCUT2D eigenvalue weighted by molar-refractivity contribution is 5.91. The molecule has 0 atom stereocenters. The molecule has 0 aliphatic carbocycles. The third-order valence-corrected chi connectivity index (χ3v) is 7.33. The van der Waals surface area contributed by atoms with E-state index in [1.165, 1.54) is 36.8 Å². The van der Waals surface area contributed by atoms with Crippen LogP contribution in [0.3, 0.4) is 0 Å². The van der Waals surface area contributed by atoms with Gasteiger partial charge in [-0.15, -0.1) is 0 Å². The van der Waals surface area contributed by atoms with E-state index in [9.17, 15) is 4.79 Å². The molecule has 36 heavy (non-hydrogen) atoms. The van der Waals surface area contributed by atoms with Gasteiger partial charge in [0.25, 0.3) is 0 Å². The normalized spacial score (nSPS) is 14.9. The van der Waals surface area contributed by atoms with Crippen LogP contribution in [0, 0.1) is 5.92 Å². The average molecular weight is 482 g/mol. The number of benzene rings is 2. The van der Waals surface area contributed by atoms with Crippen LogP contribution in [0.15, 0.2) is 91.3 Å². The fraction of sp³-hybridized carbons (Fsp3) is 0.375. The highest BCUT2D eigenvalue weighted by Crippen LogP contribution is 2.33. The fourth-order valence-electron chi connectivity index (χ4n) is 5.29. The Balaban J connectivity index is 1.22. The Labute approximate surface area is 216 Å². The topological polar surface area (TPSA) is 36.4 Å². The van der Waals surface area contributed by atoms with Crippen LogP contribution in [0.4, 0.5) is 0 Å². The first-order chi connectivity index (χ1) is 17.7. The third-order valence-electron chi connectivity index (χ3n) is 7.33. The Morgan fingerprint density at radius 1 is 0.972 bits per heavy atom. The lowest BCUT2D eigenvalue weighted by atomic mass is 9.88. The van der Waals surface area contributed by atoms with E-state index in [0.717, 1.165) is 44.1 Å². The molecule has 0 unspecified atom stereocenters. The van der Waals surface area contributed by atoms with Gasteiger partial charge in [-0.25, -0.2) is 0 Å². The monoisotopic (exact) mass is 481 g/mol. The Morgan fingerprint density at radius 3 is 2.22 bits per heavy atom. The summed E-state index contributed by atoms with van der Waals surface area (Å²) in [6, 6.07) is 26.0. The molecule has 0 saturated carbocycles. The van der Waals surface area contributed by atoms with Crippen molar-refractivity contribution in [2.24, 2.45) is 5.92 Å². The van der Waals surface area contributed by atoms with Gasteiger partial charge in [-0.05, 0) is 74.0 Å². The number of nitrogens with zero attached hydrogens (tertiary/aromatic N) is 3. The van der Waals surface area contributed by atoms with Gasteiger partial charge < -0.3 is 4.90 Å². The number of amides is 1.